The van der Waals surface area contributed by atoms with Crippen molar-refractivity contribution in [1.82, 2.24) is 14.5 Å². The van der Waals surface area contributed by atoms with Crippen LogP contribution < -0.4 is 16.0 Å². The summed E-state index contributed by atoms with van der Waals surface area (Å²) in [5.41, 5.74) is 5.11. The molecule has 0 atom stereocenters. The maximum Gasteiger partial charge on any atom is 0.138 e. The van der Waals surface area contributed by atoms with E-state index in [2.05, 4.69) is 150 Å². The average Bonchev–Trinajstić information content (AvgIpc) is 3.33. The van der Waals surface area contributed by atoms with Crippen molar-refractivity contribution in [3.63, 3.8) is 0 Å². The summed E-state index contributed by atoms with van der Waals surface area (Å²) in [5, 5.41) is 5.02. The van der Waals surface area contributed by atoms with E-state index < -0.39 is 7.92 Å². The van der Waals surface area contributed by atoms with Crippen molar-refractivity contribution in [3.05, 3.63) is 146 Å². The van der Waals surface area contributed by atoms with Gasteiger partial charge in [0.05, 0.1) is 27.9 Å². The van der Waals surface area contributed by atoms with Crippen LogP contribution in [0, 0.1) is 0 Å². The molecular formula is C34H24N3P. The third kappa shape index (κ3) is 3.98. The van der Waals surface area contributed by atoms with Gasteiger partial charge in [0.1, 0.15) is 5.82 Å². The minimum atomic E-state index is -0.788. The molecule has 180 valence electrons. The predicted octanol–water partition coefficient (Wildman–Crippen LogP) is 7.00. The predicted molar refractivity (Wildman–Crippen MR) is 161 cm³/mol. The monoisotopic (exact) mass is 505 g/mol. The topological polar surface area (TPSA) is 30.7 Å². The molecular weight excluding hydrogens is 481 g/mol. The van der Waals surface area contributed by atoms with Crippen LogP contribution in [0.1, 0.15) is 0 Å². The van der Waals surface area contributed by atoms with E-state index in [1.54, 1.807) is 0 Å². The van der Waals surface area contributed by atoms with Crippen LogP contribution in [0.15, 0.2) is 146 Å². The highest BCUT2D eigenvalue weighted by molar-refractivity contribution is 7.79. The summed E-state index contributed by atoms with van der Waals surface area (Å²) in [7, 11) is -0.788. The smallest absolute Gasteiger partial charge is 0.138 e. The zero-order valence-electron chi connectivity index (χ0n) is 20.6. The highest BCUT2D eigenvalue weighted by Crippen LogP contribution is 2.34. The van der Waals surface area contributed by atoms with Gasteiger partial charge in [-0.1, -0.05) is 109 Å². The summed E-state index contributed by atoms with van der Waals surface area (Å²) in [6.07, 6.45) is 0. The maximum atomic E-state index is 5.20. The van der Waals surface area contributed by atoms with Gasteiger partial charge in [-0.15, -0.1) is 0 Å². The fourth-order valence-corrected chi connectivity index (χ4v) is 7.33. The second-order valence-electron chi connectivity index (χ2n) is 9.14. The normalized spacial score (nSPS) is 11.4. The largest absolute Gasteiger partial charge is 0.294 e. The second-order valence-corrected chi connectivity index (χ2v) is 11.3. The van der Waals surface area contributed by atoms with E-state index in [1.165, 1.54) is 21.4 Å². The second kappa shape index (κ2) is 9.70. The minimum absolute atomic E-state index is 0.788. The number of hydrogen-bond donors (Lipinski definition) is 0. The first-order valence-corrected chi connectivity index (χ1v) is 14.0. The van der Waals surface area contributed by atoms with Crippen LogP contribution >= 0.6 is 7.92 Å². The number of aromatic nitrogens is 3. The zero-order chi connectivity index (χ0) is 25.3. The highest BCUT2D eigenvalue weighted by atomic mass is 31.1. The van der Waals surface area contributed by atoms with E-state index in [-0.39, 0.29) is 0 Å². The van der Waals surface area contributed by atoms with Crippen molar-refractivity contribution in [2.75, 3.05) is 0 Å². The highest BCUT2D eigenvalue weighted by Gasteiger charge is 2.19. The van der Waals surface area contributed by atoms with Crippen LogP contribution in [-0.2, 0) is 0 Å². The Hall–Kier alpha value is -4.59. The molecule has 0 unspecified atom stereocenters. The molecule has 0 spiro atoms. The van der Waals surface area contributed by atoms with E-state index in [4.69, 9.17) is 9.97 Å². The van der Waals surface area contributed by atoms with Crippen LogP contribution in [-0.4, -0.2) is 14.5 Å². The van der Waals surface area contributed by atoms with E-state index in [1.807, 2.05) is 0 Å². The molecule has 4 heteroatoms. The Morgan fingerprint density at radius 3 is 1.53 bits per heavy atom. The number of rotatable bonds is 5. The first kappa shape index (κ1) is 22.6. The Morgan fingerprint density at radius 2 is 0.921 bits per heavy atom. The third-order valence-electron chi connectivity index (χ3n) is 6.80. The Morgan fingerprint density at radius 1 is 0.421 bits per heavy atom. The molecule has 0 saturated carbocycles. The molecule has 0 N–H and O–H groups in total. The van der Waals surface area contributed by atoms with Crippen LogP contribution in [0.5, 0.6) is 0 Å². The SMILES string of the molecule is c1ccc(P(c2ccccc2)c2cccc(-c3cccc(-n4c5ccccc5c5ccccc54)n3)n2)cc1. The Bertz CT molecular complexity index is 1780. The average molecular weight is 506 g/mol. The molecule has 4 aromatic carbocycles. The van der Waals surface area contributed by atoms with Gasteiger partial charge in [-0.05, 0) is 47.0 Å². The number of hydrogen-bond acceptors (Lipinski definition) is 2. The summed E-state index contributed by atoms with van der Waals surface area (Å²) in [6, 6.07) is 50.9. The van der Waals surface area contributed by atoms with Crippen LogP contribution in [0.25, 0.3) is 39.0 Å². The number of para-hydroxylation sites is 2. The molecule has 7 rings (SSSR count). The van der Waals surface area contributed by atoms with E-state index in [0.717, 1.165) is 33.7 Å². The number of fused-ring (bicyclic) bond motifs is 3. The Kier molecular flexibility index (Phi) is 5.77. The molecule has 0 saturated heterocycles. The molecule has 7 aromatic rings. The molecule has 3 nitrogen and oxygen atoms in total. The molecule has 38 heavy (non-hydrogen) atoms. The van der Waals surface area contributed by atoms with Crippen molar-refractivity contribution in [2.24, 2.45) is 0 Å². The lowest BCUT2D eigenvalue weighted by Gasteiger charge is -2.19. The Balaban J connectivity index is 1.36. The van der Waals surface area contributed by atoms with Crippen LogP contribution in [0.3, 0.4) is 0 Å². The molecule has 0 bridgehead atoms. The van der Waals surface area contributed by atoms with Gasteiger partial charge in [0.15, 0.2) is 0 Å². The first-order chi connectivity index (χ1) is 18.9. The van der Waals surface area contributed by atoms with Gasteiger partial charge in [-0.3, -0.25) is 4.57 Å². The van der Waals surface area contributed by atoms with Crippen LogP contribution in [0.2, 0.25) is 0 Å². The molecule has 0 aliphatic heterocycles. The third-order valence-corrected chi connectivity index (χ3v) is 9.13. The minimum Gasteiger partial charge on any atom is -0.294 e. The van der Waals surface area contributed by atoms with Gasteiger partial charge in [-0.25, -0.2) is 9.97 Å². The fraction of sp³-hybridized carbons (Fsp3) is 0. The molecule has 3 aromatic heterocycles. The van der Waals surface area contributed by atoms with Gasteiger partial charge in [-0.2, -0.15) is 0 Å². The van der Waals surface area contributed by atoms with Gasteiger partial charge < -0.3 is 0 Å². The summed E-state index contributed by atoms with van der Waals surface area (Å²) in [4.78, 5) is 10.3. The molecule has 0 aliphatic rings. The summed E-state index contributed by atoms with van der Waals surface area (Å²) < 4.78 is 2.25. The standard InChI is InChI=1S/C34H24N3P/c1-3-13-25(14-4-1)38(26-15-5-2-6-16-26)34-24-12-20-30(36-34)29-19-11-23-33(35-29)37-31-21-9-7-17-27(31)28-18-8-10-22-32(28)37/h1-24H. The van der Waals surface area contributed by atoms with Crippen molar-refractivity contribution in [2.45, 2.75) is 0 Å². The lowest BCUT2D eigenvalue weighted by atomic mass is 10.2. The number of pyridine rings is 2. The van der Waals surface area contributed by atoms with Crippen molar-refractivity contribution >= 4 is 45.8 Å². The molecule has 0 radical (unpaired) electrons. The van der Waals surface area contributed by atoms with Crippen molar-refractivity contribution < 1.29 is 0 Å². The molecule has 0 fully saturated rings. The summed E-state index contributed by atoms with van der Waals surface area (Å²) in [6.45, 7) is 0. The van der Waals surface area contributed by atoms with Crippen molar-refractivity contribution in [1.29, 1.82) is 0 Å². The lowest BCUT2D eigenvalue weighted by molar-refractivity contribution is 1.08. The number of nitrogens with zero attached hydrogens (tertiary/aromatic N) is 3. The Labute approximate surface area is 222 Å². The molecule has 0 aliphatic carbocycles. The summed E-state index contributed by atoms with van der Waals surface area (Å²) >= 11 is 0. The quantitative estimate of drug-likeness (QED) is 0.236. The summed E-state index contributed by atoms with van der Waals surface area (Å²) in [5.74, 6) is 0.889. The van der Waals surface area contributed by atoms with Gasteiger partial charge >= 0.3 is 0 Å². The first-order valence-electron chi connectivity index (χ1n) is 12.7. The fourth-order valence-electron chi connectivity index (χ4n) is 5.12. The zero-order valence-corrected chi connectivity index (χ0v) is 21.5. The van der Waals surface area contributed by atoms with Gasteiger partial charge in [0.25, 0.3) is 0 Å². The van der Waals surface area contributed by atoms with E-state index in [9.17, 15) is 0 Å². The number of benzene rings is 4. The van der Waals surface area contributed by atoms with E-state index >= 15 is 0 Å². The van der Waals surface area contributed by atoms with Gasteiger partial charge in [0, 0.05) is 18.7 Å². The van der Waals surface area contributed by atoms with Crippen LogP contribution in [0.4, 0.5) is 0 Å². The molecule has 3 heterocycles. The lowest BCUT2D eigenvalue weighted by Crippen LogP contribution is -2.23. The van der Waals surface area contributed by atoms with Gasteiger partial charge in [0.2, 0.25) is 0 Å². The van der Waals surface area contributed by atoms with Crippen molar-refractivity contribution in [3.8, 4) is 17.2 Å². The maximum absolute atomic E-state index is 5.20. The molecule has 0 amide bonds. The van der Waals surface area contributed by atoms with E-state index in [0.29, 0.717) is 0 Å².